The van der Waals surface area contributed by atoms with Gasteiger partial charge in [-0.1, -0.05) is 17.3 Å². The molecule has 1 aromatic heterocycles. The highest BCUT2D eigenvalue weighted by atomic mass is 19.4. The van der Waals surface area contributed by atoms with E-state index in [9.17, 15) is 18.0 Å². The Morgan fingerprint density at radius 1 is 1.02 bits per heavy atom. The standard InChI is InChI=1S/C30H31F3N2O5/c1-2-37-29(36)19-9-11-20(12-10-19)35-21-13-14-22(35)16-23(15-21)38-17-25-27(34-40-28(25)18-7-8-18)24-5-3-4-6-26(24)39-30(31,32)33/h3-6,9-12,18,21-23H,2,7-8,13-17H2,1H3/t21-,22+,23+. The second-order valence-electron chi connectivity index (χ2n) is 10.7. The Kier molecular flexibility index (Phi) is 7.20. The predicted molar refractivity (Wildman–Crippen MR) is 140 cm³/mol. The molecule has 7 nitrogen and oxygen atoms in total. The number of rotatable bonds is 9. The molecular formula is C30H31F3N2O5. The zero-order chi connectivity index (χ0) is 27.9. The van der Waals surface area contributed by atoms with Gasteiger partial charge in [-0.3, -0.25) is 0 Å². The van der Waals surface area contributed by atoms with Gasteiger partial charge >= 0.3 is 12.3 Å². The lowest BCUT2D eigenvalue weighted by Crippen LogP contribution is -2.45. The number of carbonyl (C=O) groups excluding carboxylic acids is 1. The van der Waals surface area contributed by atoms with Gasteiger partial charge in [-0.15, -0.1) is 13.2 Å². The Morgan fingerprint density at radius 3 is 2.38 bits per heavy atom. The van der Waals surface area contributed by atoms with E-state index in [-0.39, 0.29) is 35.9 Å². The quantitative estimate of drug-likeness (QED) is 0.263. The molecule has 6 rings (SSSR count). The van der Waals surface area contributed by atoms with Crippen molar-refractivity contribution in [2.24, 2.45) is 0 Å². The van der Waals surface area contributed by atoms with Gasteiger partial charge in [0.05, 0.1) is 24.9 Å². The fourth-order valence-corrected chi connectivity index (χ4v) is 6.09. The van der Waals surface area contributed by atoms with Gasteiger partial charge in [0, 0.05) is 34.8 Å². The molecule has 3 aromatic rings. The minimum atomic E-state index is -4.82. The molecule has 2 saturated heterocycles. The van der Waals surface area contributed by atoms with Crippen LogP contribution in [0.25, 0.3) is 11.3 Å². The highest BCUT2D eigenvalue weighted by Gasteiger charge is 2.42. The molecule has 1 aliphatic carbocycles. The molecule has 3 aliphatic rings. The largest absolute Gasteiger partial charge is 0.573 e. The lowest BCUT2D eigenvalue weighted by atomic mass is 9.98. The summed E-state index contributed by atoms with van der Waals surface area (Å²) in [5, 5.41) is 4.18. The second-order valence-corrected chi connectivity index (χ2v) is 10.7. The number of fused-ring (bicyclic) bond motifs is 2. The number of anilines is 1. The Morgan fingerprint density at radius 2 is 1.73 bits per heavy atom. The van der Waals surface area contributed by atoms with Crippen molar-refractivity contribution < 1.29 is 36.7 Å². The molecule has 2 aliphatic heterocycles. The van der Waals surface area contributed by atoms with Crippen molar-refractivity contribution in [3.8, 4) is 17.0 Å². The fraction of sp³-hybridized carbons (Fsp3) is 0.467. The van der Waals surface area contributed by atoms with E-state index in [2.05, 4.69) is 14.8 Å². The van der Waals surface area contributed by atoms with E-state index in [0.29, 0.717) is 41.3 Å². The molecule has 212 valence electrons. The number of ether oxygens (including phenoxy) is 3. The number of esters is 1. The van der Waals surface area contributed by atoms with E-state index in [0.717, 1.165) is 44.2 Å². The molecule has 0 radical (unpaired) electrons. The summed E-state index contributed by atoms with van der Waals surface area (Å²) < 4.78 is 60.7. The Balaban J connectivity index is 1.17. The smallest absolute Gasteiger partial charge is 0.462 e. The van der Waals surface area contributed by atoms with Gasteiger partial charge in [0.25, 0.3) is 0 Å². The number of hydrogen-bond acceptors (Lipinski definition) is 7. The minimum Gasteiger partial charge on any atom is -0.462 e. The first-order valence-corrected chi connectivity index (χ1v) is 13.8. The first-order chi connectivity index (χ1) is 19.3. The number of carbonyl (C=O) groups is 1. The number of aromatic nitrogens is 1. The maximum Gasteiger partial charge on any atom is 0.573 e. The zero-order valence-electron chi connectivity index (χ0n) is 22.2. The van der Waals surface area contributed by atoms with Gasteiger partial charge in [0.1, 0.15) is 17.2 Å². The number of halogens is 3. The van der Waals surface area contributed by atoms with Crippen molar-refractivity contribution in [2.75, 3.05) is 11.5 Å². The molecule has 1 saturated carbocycles. The lowest BCUT2D eigenvalue weighted by Gasteiger charge is -2.40. The Bertz CT molecular complexity index is 1340. The van der Waals surface area contributed by atoms with Crippen LogP contribution in [0.5, 0.6) is 5.75 Å². The topological polar surface area (TPSA) is 74.0 Å². The number of alkyl halides is 3. The maximum atomic E-state index is 13.1. The summed E-state index contributed by atoms with van der Waals surface area (Å²) in [6.45, 7) is 2.34. The van der Waals surface area contributed by atoms with E-state index in [1.165, 1.54) is 12.1 Å². The molecule has 40 heavy (non-hydrogen) atoms. The molecule has 2 bridgehead atoms. The van der Waals surface area contributed by atoms with Crippen LogP contribution in [-0.2, 0) is 16.1 Å². The molecular weight excluding hydrogens is 525 g/mol. The molecule has 0 unspecified atom stereocenters. The van der Waals surface area contributed by atoms with Crippen LogP contribution in [0.1, 0.15) is 73.0 Å². The van der Waals surface area contributed by atoms with Crippen molar-refractivity contribution >= 4 is 11.7 Å². The van der Waals surface area contributed by atoms with E-state index < -0.39 is 6.36 Å². The van der Waals surface area contributed by atoms with Crippen LogP contribution in [0.2, 0.25) is 0 Å². The third kappa shape index (κ3) is 5.54. The number of benzene rings is 2. The monoisotopic (exact) mass is 556 g/mol. The lowest BCUT2D eigenvalue weighted by molar-refractivity contribution is -0.274. The number of nitrogens with zero attached hydrogens (tertiary/aromatic N) is 2. The second kappa shape index (κ2) is 10.8. The van der Waals surface area contributed by atoms with Gasteiger partial charge in [0.2, 0.25) is 0 Å². The fourth-order valence-electron chi connectivity index (χ4n) is 6.09. The van der Waals surface area contributed by atoms with Gasteiger partial charge in [-0.2, -0.15) is 0 Å². The summed E-state index contributed by atoms with van der Waals surface area (Å²) in [6, 6.07) is 14.2. The number of para-hydroxylation sites is 1. The normalized spacial score (nSPS) is 22.4. The molecule has 3 atom stereocenters. The Labute approximate surface area is 230 Å². The van der Waals surface area contributed by atoms with Gasteiger partial charge in [-0.25, -0.2) is 4.79 Å². The third-order valence-electron chi connectivity index (χ3n) is 7.96. The molecule has 2 aromatic carbocycles. The summed E-state index contributed by atoms with van der Waals surface area (Å²) >= 11 is 0. The van der Waals surface area contributed by atoms with Gasteiger partial charge in [-0.05, 0) is 81.8 Å². The first kappa shape index (κ1) is 26.7. The average molecular weight is 557 g/mol. The number of hydrogen-bond donors (Lipinski definition) is 0. The van der Waals surface area contributed by atoms with Crippen LogP contribution in [0.4, 0.5) is 18.9 Å². The van der Waals surface area contributed by atoms with E-state index in [1.807, 2.05) is 24.3 Å². The van der Waals surface area contributed by atoms with Crippen LogP contribution in [0.3, 0.4) is 0 Å². The van der Waals surface area contributed by atoms with Crippen LogP contribution in [0, 0.1) is 0 Å². The van der Waals surface area contributed by atoms with Crippen LogP contribution >= 0.6 is 0 Å². The van der Waals surface area contributed by atoms with E-state index >= 15 is 0 Å². The zero-order valence-corrected chi connectivity index (χ0v) is 22.2. The third-order valence-corrected chi connectivity index (χ3v) is 7.96. The Hall–Kier alpha value is -3.53. The average Bonchev–Trinajstić information content (AvgIpc) is 3.63. The molecule has 0 amide bonds. The van der Waals surface area contributed by atoms with Crippen molar-refractivity contribution in [3.05, 3.63) is 65.4 Å². The van der Waals surface area contributed by atoms with Crippen molar-refractivity contribution in [1.29, 1.82) is 0 Å². The SMILES string of the molecule is CCOC(=O)c1ccc(N2[C@@H]3CC[C@H]2C[C@@H](OCc2c(-c4ccccc4OC(F)(F)F)noc2C2CC2)C3)cc1. The molecule has 3 heterocycles. The van der Waals surface area contributed by atoms with E-state index in [1.54, 1.807) is 19.1 Å². The number of piperidine rings is 1. The maximum absolute atomic E-state index is 13.1. The van der Waals surface area contributed by atoms with Crippen molar-refractivity contribution in [3.63, 3.8) is 0 Å². The summed E-state index contributed by atoms with van der Waals surface area (Å²) in [4.78, 5) is 14.5. The summed E-state index contributed by atoms with van der Waals surface area (Å²) in [5.74, 6) is 0.271. The minimum absolute atomic E-state index is 0.00373. The molecule has 0 spiro atoms. The summed E-state index contributed by atoms with van der Waals surface area (Å²) in [6.07, 6.45) is 0.883. The van der Waals surface area contributed by atoms with Crippen LogP contribution in [0.15, 0.2) is 53.1 Å². The predicted octanol–water partition coefficient (Wildman–Crippen LogP) is 7.01. The van der Waals surface area contributed by atoms with Crippen molar-refractivity contribution in [1.82, 2.24) is 5.16 Å². The molecule has 0 N–H and O–H groups in total. The van der Waals surface area contributed by atoms with Crippen LogP contribution < -0.4 is 9.64 Å². The van der Waals surface area contributed by atoms with E-state index in [4.69, 9.17) is 14.0 Å². The highest BCUT2D eigenvalue weighted by molar-refractivity contribution is 5.89. The first-order valence-electron chi connectivity index (χ1n) is 13.8. The summed E-state index contributed by atoms with van der Waals surface area (Å²) in [5.41, 5.74) is 2.89. The van der Waals surface area contributed by atoms with Crippen LogP contribution in [-0.4, -0.2) is 42.3 Å². The van der Waals surface area contributed by atoms with Gasteiger partial charge < -0.3 is 23.6 Å². The summed E-state index contributed by atoms with van der Waals surface area (Å²) in [7, 11) is 0. The van der Waals surface area contributed by atoms with Crippen molar-refractivity contribution in [2.45, 2.75) is 82.5 Å². The highest BCUT2D eigenvalue weighted by Crippen LogP contribution is 2.46. The molecule has 10 heteroatoms. The van der Waals surface area contributed by atoms with Gasteiger partial charge in [0.15, 0.2) is 0 Å². The molecule has 3 fully saturated rings.